The Labute approximate surface area is 73.6 Å². The highest BCUT2D eigenvalue weighted by Crippen LogP contribution is 2.22. The molecule has 0 spiro atoms. The molecule has 4 heteroatoms. The summed E-state index contributed by atoms with van der Waals surface area (Å²) in [6.45, 7) is 0. The predicted octanol–water partition coefficient (Wildman–Crippen LogP) is 2.37. The van der Waals surface area contributed by atoms with Gasteiger partial charge in [0.1, 0.15) is 5.82 Å². The first-order valence-corrected chi connectivity index (χ1v) is 3.84. The van der Waals surface area contributed by atoms with Crippen LogP contribution in [0.1, 0.15) is 0 Å². The topological polar surface area (TPSA) is 17.8 Å². The fourth-order valence-corrected chi connectivity index (χ4v) is 1.46. The van der Waals surface area contributed by atoms with E-state index in [1.165, 1.54) is 12.1 Å². The first kappa shape index (κ1) is 7.55. The van der Waals surface area contributed by atoms with Crippen molar-refractivity contribution in [3.05, 3.63) is 29.2 Å². The minimum atomic E-state index is -0.294. The molecule has 0 N–H and O–H groups in total. The molecular weight excluding hydrogens is 179 g/mol. The summed E-state index contributed by atoms with van der Waals surface area (Å²) in [6.07, 6.45) is 0. The van der Waals surface area contributed by atoms with Crippen molar-refractivity contribution >= 4 is 22.5 Å². The molecule has 1 aromatic heterocycles. The molecule has 0 fully saturated rings. The Kier molecular flexibility index (Phi) is 1.54. The highest BCUT2D eigenvalue weighted by molar-refractivity contribution is 6.34. The van der Waals surface area contributed by atoms with Gasteiger partial charge in [0.15, 0.2) is 5.15 Å². The van der Waals surface area contributed by atoms with Crippen LogP contribution >= 0.6 is 11.6 Å². The van der Waals surface area contributed by atoms with Crippen molar-refractivity contribution in [2.45, 2.75) is 0 Å². The van der Waals surface area contributed by atoms with Crippen molar-refractivity contribution in [2.75, 3.05) is 0 Å². The molecule has 2 nitrogen and oxygen atoms in total. The quantitative estimate of drug-likeness (QED) is 0.615. The van der Waals surface area contributed by atoms with Gasteiger partial charge in [0, 0.05) is 12.4 Å². The second kappa shape index (κ2) is 2.45. The molecule has 1 heterocycles. The predicted molar refractivity (Wildman–Crippen MR) is 45.7 cm³/mol. The normalized spacial score (nSPS) is 10.9. The molecule has 0 bridgehead atoms. The summed E-state index contributed by atoms with van der Waals surface area (Å²) in [6, 6.07) is 4.43. The van der Waals surface area contributed by atoms with Crippen LogP contribution in [0.2, 0.25) is 5.15 Å². The minimum Gasteiger partial charge on any atom is -0.266 e. The Morgan fingerprint density at radius 2 is 2.25 bits per heavy atom. The number of hydrogen-bond acceptors (Lipinski definition) is 1. The maximum Gasteiger partial charge on any atom is 0.159 e. The minimum absolute atomic E-state index is 0.294. The molecular formula is C8H6ClFN2. The standard InChI is InChI=1S/C8H6ClFN2/c1-12-7-3-2-5(10)4-6(7)8(9)11-12/h2-4H,1H3. The number of hydrogen-bond donors (Lipinski definition) is 0. The number of benzene rings is 1. The van der Waals surface area contributed by atoms with Crippen LogP contribution in [0.15, 0.2) is 18.2 Å². The molecule has 0 aliphatic heterocycles. The first-order chi connectivity index (χ1) is 5.68. The summed E-state index contributed by atoms with van der Waals surface area (Å²) in [4.78, 5) is 0. The largest absolute Gasteiger partial charge is 0.266 e. The van der Waals surface area contributed by atoms with E-state index in [0.717, 1.165) is 5.52 Å². The van der Waals surface area contributed by atoms with Crippen LogP contribution in [-0.4, -0.2) is 9.78 Å². The first-order valence-electron chi connectivity index (χ1n) is 3.46. The summed E-state index contributed by atoms with van der Waals surface area (Å²) < 4.78 is 14.4. The van der Waals surface area contributed by atoms with Gasteiger partial charge in [0.05, 0.1) is 5.52 Å². The number of aryl methyl sites for hydroxylation is 1. The van der Waals surface area contributed by atoms with Crippen LogP contribution in [0.25, 0.3) is 10.9 Å². The van der Waals surface area contributed by atoms with Crippen LogP contribution in [-0.2, 0) is 7.05 Å². The van der Waals surface area contributed by atoms with Crippen LogP contribution in [0.5, 0.6) is 0 Å². The molecule has 0 aliphatic rings. The SMILES string of the molecule is Cn1nc(Cl)c2cc(F)ccc21. The number of nitrogens with zero attached hydrogens (tertiary/aromatic N) is 2. The third-order valence-electron chi connectivity index (χ3n) is 1.77. The Bertz CT molecular complexity index is 436. The van der Waals surface area contributed by atoms with Gasteiger partial charge in [0.2, 0.25) is 0 Å². The monoisotopic (exact) mass is 184 g/mol. The highest BCUT2D eigenvalue weighted by Gasteiger charge is 2.05. The average molecular weight is 185 g/mol. The van der Waals surface area contributed by atoms with Gasteiger partial charge in [-0.05, 0) is 18.2 Å². The van der Waals surface area contributed by atoms with E-state index >= 15 is 0 Å². The zero-order valence-electron chi connectivity index (χ0n) is 6.38. The molecule has 0 radical (unpaired) electrons. The molecule has 0 aliphatic carbocycles. The lowest BCUT2D eigenvalue weighted by Crippen LogP contribution is -1.88. The Morgan fingerprint density at radius 3 is 3.00 bits per heavy atom. The van der Waals surface area contributed by atoms with Crippen molar-refractivity contribution in [1.82, 2.24) is 9.78 Å². The summed E-state index contributed by atoms with van der Waals surface area (Å²) in [5.74, 6) is -0.294. The summed E-state index contributed by atoms with van der Waals surface area (Å²) in [5.41, 5.74) is 0.835. The van der Waals surface area contributed by atoms with Crippen molar-refractivity contribution in [3.63, 3.8) is 0 Å². The number of halogens is 2. The second-order valence-electron chi connectivity index (χ2n) is 2.58. The van der Waals surface area contributed by atoms with Crippen molar-refractivity contribution in [2.24, 2.45) is 7.05 Å². The zero-order chi connectivity index (χ0) is 8.72. The molecule has 62 valence electrons. The van der Waals surface area contributed by atoms with E-state index in [0.29, 0.717) is 10.5 Å². The lowest BCUT2D eigenvalue weighted by molar-refractivity contribution is 0.629. The zero-order valence-corrected chi connectivity index (χ0v) is 7.14. The fourth-order valence-electron chi connectivity index (χ4n) is 1.20. The van der Waals surface area contributed by atoms with Crippen LogP contribution < -0.4 is 0 Å². The van der Waals surface area contributed by atoms with Gasteiger partial charge in [-0.3, -0.25) is 4.68 Å². The molecule has 0 saturated carbocycles. The van der Waals surface area contributed by atoms with Gasteiger partial charge in [-0.15, -0.1) is 0 Å². The molecule has 0 atom stereocenters. The van der Waals surface area contributed by atoms with E-state index in [9.17, 15) is 4.39 Å². The Hall–Kier alpha value is -1.09. The lowest BCUT2D eigenvalue weighted by atomic mass is 10.2. The van der Waals surface area contributed by atoms with Gasteiger partial charge in [0.25, 0.3) is 0 Å². The molecule has 2 rings (SSSR count). The third kappa shape index (κ3) is 0.975. The van der Waals surface area contributed by atoms with Crippen molar-refractivity contribution < 1.29 is 4.39 Å². The maximum atomic E-state index is 12.7. The lowest BCUT2D eigenvalue weighted by Gasteiger charge is -1.91. The molecule has 1 aromatic carbocycles. The van der Waals surface area contributed by atoms with E-state index in [1.807, 2.05) is 0 Å². The second-order valence-corrected chi connectivity index (χ2v) is 2.93. The van der Waals surface area contributed by atoms with E-state index in [-0.39, 0.29) is 5.82 Å². The molecule has 0 saturated heterocycles. The summed E-state index contributed by atoms with van der Waals surface area (Å²) in [7, 11) is 1.77. The van der Waals surface area contributed by atoms with E-state index in [4.69, 9.17) is 11.6 Å². The molecule has 0 unspecified atom stereocenters. The van der Waals surface area contributed by atoms with Crippen LogP contribution in [0.3, 0.4) is 0 Å². The van der Waals surface area contributed by atoms with E-state index in [1.54, 1.807) is 17.8 Å². The number of rotatable bonds is 0. The Balaban J connectivity index is 2.90. The number of aromatic nitrogens is 2. The average Bonchev–Trinajstić information content (AvgIpc) is 2.28. The van der Waals surface area contributed by atoms with E-state index in [2.05, 4.69) is 5.10 Å². The maximum absolute atomic E-state index is 12.7. The van der Waals surface area contributed by atoms with Gasteiger partial charge < -0.3 is 0 Å². The van der Waals surface area contributed by atoms with Crippen LogP contribution in [0.4, 0.5) is 4.39 Å². The Morgan fingerprint density at radius 1 is 1.50 bits per heavy atom. The smallest absolute Gasteiger partial charge is 0.159 e. The molecule has 2 aromatic rings. The summed E-state index contributed by atoms with van der Waals surface area (Å²) >= 11 is 5.75. The third-order valence-corrected chi connectivity index (χ3v) is 2.05. The molecule has 0 amide bonds. The number of fused-ring (bicyclic) bond motifs is 1. The van der Waals surface area contributed by atoms with Crippen LogP contribution in [0, 0.1) is 5.82 Å². The highest BCUT2D eigenvalue weighted by atomic mass is 35.5. The van der Waals surface area contributed by atoms with Crippen molar-refractivity contribution in [1.29, 1.82) is 0 Å². The van der Waals surface area contributed by atoms with Gasteiger partial charge in [-0.25, -0.2) is 4.39 Å². The fraction of sp³-hybridized carbons (Fsp3) is 0.125. The van der Waals surface area contributed by atoms with E-state index < -0.39 is 0 Å². The van der Waals surface area contributed by atoms with Gasteiger partial charge >= 0.3 is 0 Å². The van der Waals surface area contributed by atoms with Gasteiger partial charge in [-0.1, -0.05) is 11.6 Å². The molecule has 12 heavy (non-hydrogen) atoms. The van der Waals surface area contributed by atoms with Crippen molar-refractivity contribution in [3.8, 4) is 0 Å². The summed E-state index contributed by atoms with van der Waals surface area (Å²) in [5, 5.41) is 4.94. The van der Waals surface area contributed by atoms with Gasteiger partial charge in [-0.2, -0.15) is 5.10 Å².